The molecule has 0 amide bonds. The number of nitrogens with zero attached hydrogens (tertiary/aromatic N) is 1. The molecule has 3 rings (SSSR count). The maximum Gasteiger partial charge on any atom is 0.344 e. The number of aliphatic hydroxyl groups is 1. The fraction of sp³-hybridized carbons (Fsp3) is 0.0526. The predicted octanol–water partition coefficient (Wildman–Crippen LogP) is 4.33. The molecule has 5 nitrogen and oxygen atoms in total. The number of ether oxygens (including phenoxy) is 1. The Bertz CT molecular complexity index is 931. The molecule has 1 heterocycles. The van der Waals surface area contributed by atoms with Crippen LogP contribution < -0.4 is 0 Å². The first-order chi connectivity index (χ1) is 12.5. The number of phenols is 1. The Morgan fingerprint density at radius 1 is 1.12 bits per heavy atom. The van der Waals surface area contributed by atoms with E-state index in [-0.39, 0.29) is 22.1 Å². The van der Waals surface area contributed by atoms with Crippen LogP contribution in [0.5, 0.6) is 5.75 Å². The second kappa shape index (κ2) is 7.45. The van der Waals surface area contributed by atoms with Crippen molar-refractivity contribution in [1.29, 1.82) is 0 Å². The van der Waals surface area contributed by atoms with Crippen molar-refractivity contribution in [3.05, 3.63) is 76.1 Å². The fourth-order valence-electron chi connectivity index (χ4n) is 2.25. The van der Waals surface area contributed by atoms with Crippen molar-refractivity contribution in [3.63, 3.8) is 0 Å². The molecule has 0 aliphatic carbocycles. The summed E-state index contributed by atoms with van der Waals surface area (Å²) in [6.45, 7) is 0. The topological polar surface area (TPSA) is 79.1 Å². The molecule has 0 radical (unpaired) electrons. The molecule has 1 aliphatic heterocycles. The number of halogens is 1. The van der Waals surface area contributed by atoms with Crippen LogP contribution in [0, 0.1) is 5.82 Å². The summed E-state index contributed by atoms with van der Waals surface area (Å²) in [5.41, 5.74) is 1.12. The lowest BCUT2D eigenvalue weighted by molar-refractivity contribution is -0.135. The number of hydrogen-bond donors (Lipinski definition) is 2. The summed E-state index contributed by atoms with van der Waals surface area (Å²) in [5, 5.41) is 20.1. The molecule has 0 aromatic heterocycles. The highest BCUT2D eigenvalue weighted by Gasteiger charge is 2.32. The van der Waals surface area contributed by atoms with E-state index < -0.39 is 11.8 Å². The summed E-state index contributed by atoms with van der Waals surface area (Å²) in [7, 11) is 1.21. The quantitative estimate of drug-likeness (QED) is 0.785. The van der Waals surface area contributed by atoms with Crippen LogP contribution >= 0.6 is 11.8 Å². The second-order valence-corrected chi connectivity index (χ2v) is 6.34. The molecule has 2 aromatic carbocycles. The van der Waals surface area contributed by atoms with Gasteiger partial charge in [0.25, 0.3) is 0 Å². The van der Waals surface area contributed by atoms with Crippen LogP contribution in [0.2, 0.25) is 0 Å². The number of thioether (sulfide) groups is 1. The number of aromatic hydroxyl groups is 1. The van der Waals surface area contributed by atoms with Gasteiger partial charge in [0.15, 0.2) is 0 Å². The number of benzene rings is 2. The van der Waals surface area contributed by atoms with Gasteiger partial charge in [0.05, 0.1) is 17.7 Å². The molecule has 0 fully saturated rings. The Morgan fingerprint density at radius 3 is 2.38 bits per heavy atom. The highest BCUT2D eigenvalue weighted by atomic mass is 32.2. The lowest BCUT2D eigenvalue weighted by Crippen LogP contribution is -2.10. The zero-order valence-electron chi connectivity index (χ0n) is 13.6. The maximum absolute atomic E-state index is 13.1. The fourth-order valence-corrected chi connectivity index (χ4v) is 3.28. The number of aliphatic hydroxyl groups excluding tert-OH is 1. The van der Waals surface area contributed by atoms with Gasteiger partial charge in [-0.2, -0.15) is 0 Å². The van der Waals surface area contributed by atoms with E-state index in [1.807, 2.05) is 0 Å². The largest absolute Gasteiger partial charge is 0.508 e. The van der Waals surface area contributed by atoms with E-state index in [4.69, 9.17) is 4.74 Å². The molecule has 26 heavy (non-hydrogen) atoms. The van der Waals surface area contributed by atoms with Crippen LogP contribution in [0.3, 0.4) is 0 Å². The van der Waals surface area contributed by atoms with Crippen molar-refractivity contribution >= 4 is 34.5 Å². The Labute approximate surface area is 153 Å². The molecule has 0 saturated carbocycles. The van der Waals surface area contributed by atoms with Gasteiger partial charge < -0.3 is 14.9 Å². The molecule has 0 unspecified atom stereocenters. The van der Waals surface area contributed by atoms with E-state index in [1.54, 1.807) is 18.2 Å². The minimum Gasteiger partial charge on any atom is -0.508 e. The van der Waals surface area contributed by atoms with Gasteiger partial charge in [0.1, 0.15) is 27.9 Å². The number of carbonyl (C=O) groups excluding carboxylic acids is 1. The number of aliphatic imine (C=N–C) groups is 1. The average Bonchev–Trinajstić information content (AvgIpc) is 2.93. The average molecular weight is 371 g/mol. The van der Waals surface area contributed by atoms with Crippen LogP contribution in [0.25, 0.3) is 6.08 Å². The van der Waals surface area contributed by atoms with Crippen LogP contribution in [-0.4, -0.2) is 28.3 Å². The first kappa shape index (κ1) is 17.8. The summed E-state index contributed by atoms with van der Waals surface area (Å²) in [6.07, 6.45) is 1.66. The third kappa shape index (κ3) is 3.78. The number of phenolic OH excluding ortho intramolecular Hbond substituents is 1. The van der Waals surface area contributed by atoms with Crippen molar-refractivity contribution in [2.75, 3.05) is 7.11 Å². The first-order valence-corrected chi connectivity index (χ1v) is 8.34. The smallest absolute Gasteiger partial charge is 0.344 e. The Hall–Kier alpha value is -3.06. The summed E-state index contributed by atoms with van der Waals surface area (Å²) < 4.78 is 17.8. The third-order valence-electron chi connectivity index (χ3n) is 3.53. The highest BCUT2D eigenvalue weighted by molar-refractivity contribution is 8.18. The predicted molar refractivity (Wildman–Crippen MR) is 98.8 cm³/mol. The Kier molecular flexibility index (Phi) is 5.09. The number of hydrogen-bond acceptors (Lipinski definition) is 6. The van der Waals surface area contributed by atoms with Gasteiger partial charge >= 0.3 is 5.97 Å². The minimum atomic E-state index is -0.718. The molecule has 0 saturated heterocycles. The minimum absolute atomic E-state index is 0.0492. The van der Waals surface area contributed by atoms with E-state index in [1.165, 1.54) is 43.5 Å². The standard InChI is InChI=1S/C19H14FNO4S/c1-25-19(24)16-17(23)15(10-11-2-8-14(22)9-3-11)26-18(16)21-13-6-4-12(20)5-7-13/h2-10,22-23H,1H3. The van der Waals surface area contributed by atoms with Gasteiger partial charge in [-0.05, 0) is 48.0 Å². The highest BCUT2D eigenvalue weighted by Crippen LogP contribution is 2.40. The summed E-state index contributed by atoms with van der Waals surface area (Å²) in [6, 6.07) is 11.8. The zero-order chi connectivity index (χ0) is 18.7. The van der Waals surface area contributed by atoms with Crippen molar-refractivity contribution in [2.45, 2.75) is 0 Å². The lowest BCUT2D eigenvalue weighted by Gasteiger charge is -2.01. The van der Waals surface area contributed by atoms with Gasteiger partial charge in [-0.25, -0.2) is 14.2 Å². The number of esters is 1. The van der Waals surface area contributed by atoms with Crippen LogP contribution in [0.4, 0.5) is 10.1 Å². The van der Waals surface area contributed by atoms with Crippen LogP contribution in [0.15, 0.2) is 69.8 Å². The van der Waals surface area contributed by atoms with Gasteiger partial charge in [-0.3, -0.25) is 0 Å². The summed E-state index contributed by atoms with van der Waals surface area (Å²) in [4.78, 5) is 16.8. The van der Waals surface area contributed by atoms with Crippen LogP contribution in [0.1, 0.15) is 5.56 Å². The summed E-state index contributed by atoms with van der Waals surface area (Å²) in [5.74, 6) is -1.23. The summed E-state index contributed by atoms with van der Waals surface area (Å²) >= 11 is 1.10. The SMILES string of the molecule is COC(=O)C1=C(O)C(=Cc2ccc(O)cc2)SC1=Nc1ccc(F)cc1. The first-order valence-electron chi connectivity index (χ1n) is 7.53. The number of carbonyl (C=O) groups is 1. The molecule has 2 aromatic rings. The number of methoxy groups -OCH3 is 1. The normalized spacial score (nSPS) is 17.2. The molecule has 0 spiro atoms. The van der Waals surface area contributed by atoms with Gasteiger partial charge in [0.2, 0.25) is 0 Å². The van der Waals surface area contributed by atoms with E-state index >= 15 is 0 Å². The molecule has 132 valence electrons. The zero-order valence-corrected chi connectivity index (χ0v) is 14.5. The molecular weight excluding hydrogens is 357 g/mol. The molecule has 2 N–H and O–H groups in total. The molecule has 1 aliphatic rings. The van der Waals surface area contributed by atoms with Crippen molar-refractivity contribution in [2.24, 2.45) is 4.99 Å². The van der Waals surface area contributed by atoms with E-state index in [0.717, 1.165) is 17.3 Å². The lowest BCUT2D eigenvalue weighted by atomic mass is 10.1. The third-order valence-corrected chi connectivity index (χ3v) is 4.55. The monoisotopic (exact) mass is 371 g/mol. The van der Waals surface area contributed by atoms with Gasteiger partial charge in [-0.15, -0.1) is 0 Å². The molecule has 7 heteroatoms. The van der Waals surface area contributed by atoms with E-state index in [2.05, 4.69) is 4.99 Å². The maximum atomic E-state index is 13.1. The molecule has 0 bridgehead atoms. The van der Waals surface area contributed by atoms with Gasteiger partial charge in [0, 0.05) is 0 Å². The molecule has 0 atom stereocenters. The van der Waals surface area contributed by atoms with Crippen molar-refractivity contribution in [1.82, 2.24) is 0 Å². The van der Waals surface area contributed by atoms with E-state index in [9.17, 15) is 19.4 Å². The molecular formula is C19H14FNO4S. The van der Waals surface area contributed by atoms with E-state index in [0.29, 0.717) is 10.6 Å². The number of rotatable bonds is 3. The Morgan fingerprint density at radius 2 is 1.77 bits per heavy atom. The second-order valence-electron chi connectivity index (χ2n) is 5.31. The van der Waals surface area contributed by atoms with Crippen molar-refractivity contribution < 1.29 is 24.1 Å². The van der Waals surface area contributed by atoms with Crippen LogP contribution in [-0.2, 0) is 9.53 Å². The van der Waals surface area contributed by atoms with Gasteiger partial charge in [-0.1, -0.05) is 23.9 Å². The Balaban J connectivity index is 2.02. The van der Waals surface area contributed by atoms with Crippen molar-refractivity contribution in [3.8, 4) is 5.75 Å².